The number of amides is 1. The van der Waals surface area contributed by atoms with E-state index in [1.165, 1.54) is 13.4 Å². The largest absolute Gasteiger partial charge is 0.479 e. The molecule has 0 saturated carbocycles. The van der Waals surface area contributed by atoms with Crippen LogP contribution in [0.15, 0.2) is 6.33 Å². The predicted molar refractivity (Wildman–Crippen MR) is 79.4 cm³/mol. The molecule has 7 nitrogen and oxygen atoms in total. The van der Waals surface area contributed by atoms with Gasteiger partial charge < -0.3 is 10.1 Å². The molecule has 0 aliphatic heterocycles. The second kappa shape index (κ2) is 6.26. The standard InChI is InChI=1S/C13H18ClN5O2/c1-7(2)17-12(20)8(3)19-9(5-14)18-10-11(19)15-6-16-13(10)21-4/h6-8H,5H2,1-4H3,(H,17,20). The molecule has 1 atom stereocenters. The number of nitrogens with one attached hydrogen (secondary N) is 1. The molecule has 0 bridgehead atoms. The molecule has 1 amide bonds. The van der Waals surface area contributed by atoms with Crippen molar-refractivity contribution in [2.75, 3.05) is 7.11 Å². The molecule has 0 radical (unpaired) electrons. The Morgan fingerprint density at radius 2 is 2.14 bits per heavy atom. The molecule has 0 aromatic carbocycles. The maximum Gasteiger partial charge on any atom is 0.245 e. The fourth-order valence-electron chi connectivity index (χ4n) is 2.11. The van der Waals surface area contributed by atoms with Gasteiger partial charge in [0.15, 0.2) is 11.2 Å². The molecule has 2 aromatic rings. The quantitative estimate of drug-likeness (QED) is 0.849. The minimum Gasteiger partial charge on any atom is -0.479 e. The lowest BCUT2D eigenvalue weighted by molar-refractivity contribution is -0.124. The summed E-state index contributed by atoms with van der Waals surface area (Å²) >= 11 is 5.95. The van der Waals surface area contributed by atoms with E-state index in [1.807, 2.05) is 13.8 Å². The van der Waals surface area contributed by atoms with Gasteiger partial charge in [-0.1, -0.05) is 0 Å². The van der Waals surface area contributed by atoms with Crippen molar-refractivity contribution in [1.29, 1.82) is 0 Å². The monoisotopic (exact) mass is 311 g/mol. The topological polar surface area (TPSA) is 81.9 Å². The van der Waals surface area contributed by atoms with E-state index in [2.05, 4.69) is 20.3 Å². The number of hydrogen-bond donors (Lipinski definition) is 1. The molecule has 0 saturated heterocycles. The lowest BCUT2D eigenvalue weighted by Crippen LogP contribution is -2.36. The minimum absolute atomic E-state index is 0.0540. The fraction of sp³-hybridized carbons (Fsp3) is 0.538. The van der Waals surface area contributed by atoms with Crippen LogP contribution in [0.5, 0.6) is 5.88 Å². The van der Waals surface area contributed by atoms with Crippen molar-refractivity contribution >= 4 is 28.7 Å². The Morgan fingerprint density at radius 1 is 1.43 bits per heavy atom. The van der Waals surface area contributed by atoms with E-state index in [-0.39, 0.29) is 17.8 Å². The highest BCUT2D eigenvalue weighted by molar-refractivity contribution is 6.16. The number of alkyl halides is 1. The maximum absolute atomic E-state index is 12.2. The molecule has 2 aromatic heterocycles. The average molecular weight is 312 g/mol. The summed E-state index contributed by atoms with van der Waals surface area (Å²) in [6, 6.07) is -0.427. The second-order valence-electron chi connectivity index (χ2n) is 4.93. The molecule has 0 aliphatic rings. The van der Waals surface area contributed by atoms with E-state index < -0.39 is 6.04 Å². The molecule has 8 heteroatoms. The average Bonchev–Trinajstić information content (AvgIpc) is 2.83. The molecular formula is C13H18ClN5O2. The second-order valence-corrected chi connectivity index (χ2v) is 5.19. The molecule has 1 unspecified atom stereocenters. The van der Waals surface area contributed by atoms with Gasteiger partial charge in [0.1, 0.15) is 18.2 Å². The SMILES string of the molecule is COc1ncnc2c1nc(CCl)n2C(C)C(=O)NC(C)C. The Balaban J connectivity index is 2.54. The number of methoxy groups -OCH3 is 1. The third-order valence-corrected chi connectivity index (χ3v) is 3.27. The Hall–Kier alpha value is -1.89. The van der Waals surface area contributed by atoms with E-state index in [9.17, 15) is 4.79 Å². The van der Waals surface area contributed by atoms with Gasteiger partial charge in [0.2, 0.25) is 11.8 Å². The van der Waals surface area contributed by atoms with Crippen LogP contribution in [0.2, 0.25) is 0 Å². The number of halogens is 1. The first-order valence-electron chi connectivity index (χ1n) is 6.61. The van der Waals surface area contributed by atoms with Crippen LogP contribution in [-0.2, 0) is 10.7 Å². The number of imidazole rings is 1. The number of ether oxygens (including phenoxy) is 1. The number of carbonyl (C=O) groups excluding carboxylic acids is 1. The Bertz CT molecular complexity index is 655. The Labute approximate surface area is 127 Å². The van der Waals surface area contributed by atoms with Crippen LogP contribution in [-0.4, -0.2) is 38.6 Å². The third-order valence-electron chi connectivity index (χ3n) is 3.03. The smallest absolute Gasteiger partial charge is 0.245 e. The van der Waals surface area contributed by atoms with Crippen molar-refractivity contribution in [2.45, 2.75) is 38.7 Å². The fourth-order valence-corrected chi connectivity index (χ4v) is 2.29. The highest BCUT2D eigenvalue weighted by atomic mass is 35.5. The van der Waals surface area contributed by atoms with Gasteiger partial charge in [0.25, 0.3) is 0 Å². The predicted octanol–water partition coefficient (Wildman–Crippen LogP) is 1.66. The first kappa shape index (κ1) is 15.5. The molecule has 114 valence electrons. The summed E-state index contributed by atoms with van der Waals surface area (Å²) in [5.41, 5.74) is 1.03. The van der Waals surface area contributed by atoms with Crippen LogP contribution >= 0.6 is 11.6 Å². The zero-order valence-electron chi connectivity index (χ0n) is 12.4. The number of rotatable bonds is 5. The normalized spacial score (nSPS) is 12.7. The van der Waals surface area contributed by atoms with Gasteiger partial charge in [-0.25, -0.2) is 9.97 Å². The lowest BCUT2D eigenvalue weighted by Gasteiger charge is -2.17. The maximum atomic E-state index is 12.2. The number of nitrogens with zero attached hydrogens (tertiary/aromatic N) is 4. The van der Waals surface area contributed by atoms with Gasteiger partial charge in [0.05, 0.1) is 13.0 Å². The van der Waals surface area contributed by atoms with Gasteiger partial charge in [-0.15, -0.1) is 11.6 Å². The summed E-state index contributed by atoms with van der Waals surface area (Å²) in [4.78, 5) is 24.9. The van der Waals surface area contributed by atoms with Gasteiger partial charge >= 0.3 is 0 Å². The Morgan fingerprint density at radius 3 is 2.71 bits per heavy atom. The van der Waals surface area contributed by atoms with Crippen molar-refractivity contribution in [1.82, 2.24) is 24.8 Å². The summed E-state index contributed by atoms with van der Waals surface area (Å²) in [5.74, 6) is 0.963. The molecule has 0 spiro atoms. The molecule has 1 N–H and O–H groups in total. The summed E-state index contributed by atoms with van der Waals surface area (Å²) in [6.45, 7) is 5.60. The number of hydrogen-bond acceptors (Lipinski definition) is 5. The van der Waals surface area contributed by atoms with E-state index in [0.717, 1.165) is 0 Å². The summed E-state index contributed by atoms with van der Waals surface area (Å²) < 4.78 is 6.89. The van der Waals surface area contributed by atoms with E-state index >= 15 is 0 Å². The van der Waals surface area contributed by atoms with Crippen LogP contribution < -0.4 is 10.1 Å². The molecule has 21 heavy (non-hydrogen) atoms. The summed E-state index contributed by atoms with van der Waals surface area (Å²) in [7, 11) is 1.51. The number of aromatic nitrogens is 4. The van der Waals surface area contributed by atoms with Crippen molar-refractivity contribution in [3.63, 3.8) is 0 Å². The molecule has 2 rings (SSSR count). The highest BCUT2D eigenvalue weighted by Crippen LogP contribution is 2.25. The van der Waals surface area contributed by atoms with E-state index in [4.69, 9.17) is 16.3 Å². The molecule has 0 fully saturated rings. The van der Waals surface area contributed by atoms with Crippen LogP contribution in [0.4, 0.5) is 0 Å². The van der Waals surface area contributed by atoms with E-state index in [0.29, 0.717) is 22.9 Å². The van der Waals surface area contributed by atoms with Crippen molar-refractivity contribution < 1.29 is 9.53 Å². The Kier molecular flexibility index (Phi) is 4.62. The van der Waals surface area contributed by atoms with Crippen LogP contribution in [0.3, 0.4) is 0 Å². The molecule has 2 heterocycles. The number of carbonyl (C=O) groups is 1. The minimum atomic E-state index is -0.481. The summed E-state index contributed by atoms with van der Waals surface area (Å²) in [6.07, 6.45) is 1.38. The lowest BCUT2D eigenvalue weighted by atomic mass is 10.2. The summed E-state index contributed by atoms with van der Waals surface area (Å²) in [5, 5.41) is 2.87. The van der Waals surface area contributed by atoms with Crippen molar-refractivity contribution in [3.05, 3.63) is 12.2 Å². The highest BCUT2D eigenvalue weighted by Gasteiger charge is 2.24. The molecule has 0 aliphatic carbocycles. The zero-order chi connectivity index (χ0) is 15.6. The van der Waals surface area contributed by atoms with Gasteiger partial charge in [-0.3, -0.25) is 9.36 Å². The first-order chi connectivity index (χ1) is 9.99. The van der Waals surface area contributed by atoms with Crippen LogP contribution in [0.1, 0.15) is 32.6 Å². The number of fused-ring (bicyclic) bond motifs is 1. The molecular weight excluding hydrogens is 294 g/mol. The van der Waals surface area contributed by atoms with Crippen molar-refractivity contribution in [3.8, 4) is 5.88 Å². The van der Waals surface area contributed by atoms with Gasteiger partial charge in [-0.05, 0) is 20.8 Å². The van der Waals surface area contributed by atoms with Crippen LogP contribution in [0, 0.1) is 0 Å². The zero-order valence-corrected chi connectivity index (χ0v) is 13.2. The van der Waals surface area contributed by atoms with Gasteiger partial charge in [-0.2, -0.15) is 4.98 Å². The first-order valence-corrected chi connectivity index (χ1v) is 7.15. The van der Waals surface area contributed by atoms with Crippen LogP contribution in [0.25, 0.3) is 11.2 Å². The van der Waals surface area contributed by atoms with Crippen molar-refractivity contribution in [2.24, 2.45) is 0 Å². The third kappa shape index (κ3) is 2.92. The van der Waals surface area contributed by atoms with E-state index in [1.54, 1.807) is 11.5 Å². The van der Waals surface area contributed by atoms with Gasteiger partial charge in [0, 0.05) is 6.04 Å².